The third-order valence-electron chi connectivity index (χ3n) is 4.30. The first kappa shape index (κ1) is 18.4. The molecule has 1 aliphatic heterocycles. The lowest BCUT2D eigenvalue weighted by atomic mass is 10.1. The van der Waals surface area contributed by atoms with E-state index in [4.69, 9.17) is 9.84 Å². The molecule has 1 aliphatic rings. The minimum Gasteiger partial charge on any atom is -0.482 e. The summed E-state index contributed by atoms with van der Waals surface area (Å²) in [6.07, 6.45) is 1.36. The van der Waals surface area contributed by atoms with Gasteiger partial charge in [-0.2, -0.15) is 0 Å². The van der Waals surface area contributed by atoms with Gasteiger partial charge in [0, 0.05) is 29.9 Å². The Hall–Kier alpha value is -3.35. The van der Waals surface area contributed by atoms with Gasteiger partial charge in [0.2, 0.25) is 5.91 Å². The van der Waals surface area contributed by atoms with Gasteiger partial charge in [-0.15, -0.1) is 0 Å². The van der Waals surface area contributed by atoms with Crippen molar-refractivity contribution in [3.8, 4) is 5.75 Å². The van der Waals surface area contributed by atoms with Gasteiger partial charge in [-0.3, -0.25) is 9.59 Å². The van der Waals surface area contributed by atoms with Crippen LogP contribution in [0.1, 0.15) is 28.8 Å². The van der Waals surface area contributed by atoms with Gasteiger partial charge in [0.15, 0.2) is 6.61 Å². The van der Waals surface area contributed by atoms with E-state index in [-0.39, 0.29) is 11.8 Å². The van der Waals surface area contributed by atoms with E-state index in [0.29, 0.717) is 30.0 Å². The largest absolute Gasteiger partial charge is 0.482 e. The molecule has 7 nitrogen and oxygen atoms in total. The van der Waals surface area contributed by atoms with Gasteiger partial charge in [-0.25, -0.2) is 4.79 Å². The van der Waals surface area contributed by atoms with Crippen LogP contribution in [-0.2, 0) is 9.59 Å². The molecule has 2 aromatic carbocycles. The van der Waals surface area contributed by atoms with Crippen molar-refractivity contribution < 1.29 is 24.2 Å². The summed E-state index contributed by atoms with van der Waals surface area (Å²) < 4.78 is 5.13. The molecule has 0 aromatic heterocycles. The van der Waals surface area contributed by atoms with Crippen molar-refractivity contribution in [2.75, 3.05) is 23.4 Å². The molecule has 27 heavy (non-hydrogen) atoms. The van der Waals surface area contributed by atoms with Crippen LogP contribution in [0.3, 0.4) is 0 Å². The fourth-order valence-corrected chi connectivity index (χ4v) is 2.94. The summed E-state index contributed by atoms with van der Waals surface area (Å²) in [5, 5.41) is 11.5. The molecule has 0 atom stereocenters. The Bertz CT molecular complexity index is 894. The molecule has 0 spiro atoms. The zero-order valence-electron chi connectivity index (χ0n) is 14.9. The van der Waals surface area contributed by atoms with Crippen LogP contribution in [0.15, 0.2) is 42.5 Å². The van der Waals surface area contributed by atoms with E-state index in [9.17, 15) is 14.4 Å². The first-order chi connectivity index (χ1) is 12.9. The van der Waals surface area contributed by atoms with Crippen molar-refractivity contribution in [3.63, 3.8) is 0 Å². The number of carbonyl (C=O) groups is 3. The molecule has 1 heterocycles. The molecule has 0 radical (unpaired) electrons. The number of nitrogens with zero attached hydrogens (tertiary/aromatic N) is 1. The molecule has 2 amide bonds. The lowest BCUT2D eigenvalue weighted by Crippen LogP contribution is -2.24. The number of rotatable bonds is 6. The van der Waals surface area contributed by atoms with Crippen LogP contribution in [0.2, 0.25) is 0 Å². The number of carboxylic acids is 1. The number of aryl methyl sites for hydroxylation is 1. The molecule has 140 valence electrons. The quantitative estimate of drug-likeness (QED) is 0.817. The van der Waals surface area contributed by atoms with Gasteiger partial charge < -0.3 is 20.1 Å². The minimum absolute atomic E-state index is 0.0698. The second-order valence-corrected chi connectivity index (χ2v) is 6.31. The number of carbonyl (C=O) groups excluding carboxylic acids is 2. The third-order valence-corrected chi connectivity index (χ3v) is 4.30. The summed E-state index contributed by atoms with van der Waals surface area (Å²) in [7, 11) is 0. The van der Waals surface area contributed by atoms with Crippen LogP contribution in [0, 0.1) is 6.92 Å². The number of carboxylic acid groups (broad SMARTS) is 1. The number of anilines is 2. The molecule has 2 N–H and O–H groups in total. The van der Waals surface area contributed by atoms with Gasteiger partial charge in [0.25, 0.3) is 5.91 Å². The number of amides is 2. The van der Waals surface area contributed by atoms with Crippen LogP contribution < -0.4 is 15.0 Å². The Kier molecular flexibility index (Phi) is 5.40. The van der Waals surface area contributed by atoms with Gasteiger partial charge in [-0.1, -0.05) is 6.07 Å². The van der Waals surface area contributed by atoms with Crippen LogP contribution in [-0.4, -0.2) is 36.0 Å². The fourth-order valence-electron chi connectivity index (χ4n) is 2.94. The summed E-state index contributed by atoms with van der Waals surface area (Å²) in [6.45, 7) is 2.04. The predicted molar refractivity (Wildman–Crippen MR) is 100 cm³/mol. The average Bonchev–Trinajstić information content (AvgIpc) is 3.08. The third kappa shape index (κ3) is 4.44. The van der Waals surface area contributed by atoms with Gasteiger partial charge in [0.1, 0.15) is 5.75 Å². The number of hydrogen-bond acceptors (Lipinski definition) is 4. The van der Waals surface area contributed by atoms with E-state index < -0.39 is 12.6 Å². The summed E-state index contributed by atoms with van der Waals surface area (Å²) in [6, 6.07) is 11.9. The number of benzene rings is 2. The van der Waals surface area contributed by atoms with Crippen LogP contribution in [0.4, 0.5) is 11.4 Å². The van der Waals surface area contributed by atoms with E-state index in [1.807, 2.05) is 6.07 Å². The van der Waals surface area contributed by atoms with E-state index in [0.717, 1.165) is 17.7 Å². The summed E-state index contributed by atoms with van der Waals surface area (Å²) in [5.41, 5.74) is 2.53. The fraction of sp³-hybridized carbons (Fsp3) is 0.250. The standard InChI is InChI=1S/C20H20N2O5/c1-13-10-16(27-12-19(24)25)7-8-17(13)21-20(26)14-4-2-5-15(11-14)22-9-3-6-18(22)23/h2,4-5,7-8,10-11H,3,6,9,12H2,1H3,(H,21,26)(H,24,25). The van der Waals surface area contributed by atoms with Crippen molar-refractivity contribution in [2.24, 2.45) is 0 Å². The highest BCUT2D eigenvalue weighted by Gasteiger charge is 2.22. The van der Waals surface area contributed by atoms with Crippen LogP contribution in [0.5, 0.6) is 5.75 Å². The lowest BCUT2D eigenvalue weighted by Gasteiger charge is -2.16. The van der Waals surface area contributed by atoms with Crippen LogP contribution in [0.25, 0.3) is 0 Å². The Morgan fingerprint density at radius 3 is 2.70 bits per heavy atom. The van der Waals surface area contributed by atoms with E-state index >= 15 is 0 Å². The smallest absolute Gasteiger partial charge is 0.341 e. The maximum absolute atomic E-state index is 12.6. The Morgan fingerprint density at radius 2 is 2.04 bits per heavy atom. The molecule has 2 aromatic rings. The molecule has 1 saturated heterocycles. The molecule has 1 fully saturated rings. The number of ether oxygens (including phenoxy) is 1. The van der Waals surface area contributed by atoms with Crippen LogP contribution >= 0.6 is 0 Å². The minimum atomic E-state index is -1.05. The normalized spacial score (nSPS) is 13.5. The van der Waals surface area contributed by atoms with E-state index in [1.54, 1.807) is 48.2 Å². The first-order valence-electron chi connectivity index (χ1n) is 8.61. The van der Waals surface area contributed by atoms with Crippen molar-refractivity contribution in [1.29, 1.82) is 0 Å². The average molecular weight is 368 g/mol. The highest BCUT2D eigenvalue weighted by molar-refractivity contribution is 6.06. The second-order valence-electron chi connectivity index (χ2n) is 6.31. The summed E-state index contributed by atoms with van der Waals surface area (Å²) in [4.78, 5) is 36.7. The number of hydrogen-bond donors (Lipinski definition) is 2. The molecule has 3 rings (SSSR count). The maximum Gasteiger partial charge on any atom is 0.341 e. The molecular weight excluding hydrogens is 348 g/mol. The van der Waals surface area contributed by atoms with Gasteiger partial charge in [-0.05, 0) is 55.3 Å². The van der Waals surface area contributed by atoms with E-state index in [2.05, 4.69) is 5.32 Å². The SMILES string of the molecule is Cc1cc(OCC(=O)O)ccc1NC(=O)c1cccc(N2CCCC2=O)c1. The lowest BCUT2D eigenvalue weighted by molar-refractivity contribution is -0.139. The number of nitrogens with one attached hydrogen (secondary N) is 1. The monoisotopic (exact) mass is 368 g/mol. The summed E-state index contributed by atoms with van der Waals surface area (Å²) >= 11 is 0. The van der Waals surface area contributed by atoms with Crippen molar-refractivity contribution in [1.82, 2.24) is 0 Å². The topological polar surface area (TPSA) is 95.9 Å². The molecule has 0 unspecified atom stereocenters. The highest BCUT2D eigenvalue weighted by Crippen LogP contribution is 2.24. The van der Waals surface area contributed by atoms with Gasteiger partial charge in [0.05, 0.1) is 0 Å². The zero-order chi connectivity index (χ0) is 19.4. The number of aliphatic carboxylic acids is 1. The Balaban J connectivity index is 1.72. The molecule has 0 aliphatic carbocycles. The Labute approximate surface area is 156 Å². The van der Waals surface area contributed by atoms with Crippen molar-refractivity contribution in [3.05, 3.63) is 53.6 Å². The molecule has 7 heteroatoms. The van der Waals surface area contributed by atoms with Gasteiger partial charge >= 0.3 is 5.97 Å². The zero-order valence-corrected chi connectivity index (χ0v) is 14.9. The maximum atomic E-state index is 12.6. The highest BCUT2D eigenvalue weighted by atomic mass is 16.5. The second kappa shape index (κ2) is 7.90. The molecule has 0 saturated carbocycles. The van der Waals surface area contributed by atoms with Crippen molar-refractivity contribution in [2.45, 2.75) is 19.8 Å². The van der Waals surface area contributed by atoms with E-state index in [1.165, 1.54) is 0 Å². The molecular formula is C20H20N2O5. The summed E-state index contributed by atoms with van der Waals surface area (Å²) in [5.74, 6) is -0.852. The molecule has 0 bridgehead atoms. The predicted octanol–water partition coefficient (Wildman–Crippen LogP) is 2.84. The Morgan fingerprint density at radius 1 is 1.22 bits per heavy atom. The first-order valence-corrected chi connectivity index (χ1v) is 8.61. The van der Waals surface area contributed by atoms with Crippen molar-refractivity contribution >= 4 is 29.2 Å².